The molecule has 1 heterocycles. The van der Waals surface area contributed by atoms with E-state index in [4.69, 9.17) is 10.8 Å². The maximum absolute atomic E-state index is 5.25. The van der Waals surface area contributed by atoms with Gasteiger partial charge in [-0.25, -0.2) is 0 Å². The van der Waals surface area contributed by atoms with E-state index in [2.05, 4.69) is 27.2 Å². The van der Waals surface area contributed by atoms with Gasteiger partial charge in [-0.05, 0) is 28.9 Å². The molecule has 2 nitrogen and oxygen atoms in total. The third kappa shape index (κ3) is 2.13. The third-order valence-corrected chi connectivity index (χ3v) is 2.20. The van der Waals surface area contributed by atoms with Gasteiger partial charge in [-0.1, -0.05) is 5.92 Å². The molecule has 0 aliphatic carbocycles. The maximum Gasteiger partial charge on any atom is 0.134 e. The Bertz CT molecular complexity index is 287. The first-order valence-electron chi connectivity index (χ1n) is 3.65. The molecule has 0 aliphatic rings. The lowest BCUT2D eigenvalue weighted by Crippen LogP contribution is -2.18. The Morgan fingerprint density at radius 2 is 2.58 bits per heavy atom. The van der Waals surface area contributed by atoms with Crippen LogP contribution >= 0.6 is 15.9 Å². The topological polar surface area (TPSA) is 25.2 Å². The summed E-state index contributed by atoms with van der Waals surface area (Å²) in [5.41, 5.74) is 0. The van der Waals surface area contributed by atoms with Gasteiger partial charge < -0.3 is 4.42 Å². The number of halogens is 1. The minimum atomic E-state index is 0.144. The molecule has 0 fully saturated rings. The molecule has 1 N–H and O–H groups in total. The Morgan fingerprint density at radius 1 is 1.83 bits per heavy atom. The van der Waals surface area contributed by atoms with Gasteiger partial charge in [0, 0.05) is 0 Å². The zero-order chi connectivity index (χ0) is 8.97. The SMILES string of the molecule is C#CCNC(C)c1occc1Br. The average Bonchev–Trinajstić information content (AvgIpc) is 2.47. The lowest BCUT2D eigenvalue weighted by molar-refractivity contribution is 0.440. The van der Waals surface area contributed by atoms with Crippen molar-refractivity contribution < 1.29 is 4.42 Å². The van der Waals surface area contributed by atoms with Crippen LogP contribution < -0.4 is 5.32 Å². The van der Waals surface area contributed by atoms with Crippen molar-refractivity contribution in [2.24, 2.45) is 0 Å². The molecule has 0 bridgehead atoms. The van der Waals surface area contributed by atoms with Gasteiger partial charge in [-0.2, -0.15) is 0 Å². The first-order chi connectivity index (χ1) is 5.75. The Kier molecular flexibility index (Phi) is 3.39. The van der Waals surface area contributed by atoms with Gasteiger partial charge in [0.1, 0.15) is 5.76 Å². The normalized spacial score (nSPS) is 12.4. The van der Waals surface area contributed by atoms with Crippen LogP contribution in [-0.2, 0) is 0 Å². The van der Waals surface area contributed by atoms with Crippen molar-refractivity contribution in [3.05, 3.63) is 22.6 Å². The minimum Gasteiger partial charge on any atom is -0.466 e. The highest BCUT2D eigenvalue weighted by Crippen LogP contribution is 2.23. The molecule has 1 atom stereocenters. The second-order valence-corrected chi connectivity index (χ2v) is 3.29. The van der Waals surface area contributed by atoms with Crippen molar-refractivity contribution in [1.29, 1.82) is 0 Å². The van der Waals surface area contributed by atoms with Gasteiger partial charge >= 0.3 is 0 Å². The molecule has 1 aromatic rings. The van der Waals surface area contributed by atoms with Crippen molar-refractivity contribution in [1.82, 2.24) is 5.32 Å². The summed E-state index contributed by atoms with van der Waals surface area (Å²) in [6.07, 6.45) is 6.76. The highest BCUT2D eigenvalue weighted by Gasteiger charge is 2.10. The van der Waals surface area contributed by atoms with Crippen LogP contribution in [0.3, 0.4) is 0 Å². The molecule has 12 heavy (non-hydrogen) atoms. The molecule has 64 valence electrons. The van der Waals surface area contributed by atoms with Crippen LogP contribution in [-0.4, -0.2) is 6.54 Å². The summed E-state index contributed by atoms with van der Waals surface area (Å²) in [4.78, 5) is 0. The number of nitrogens with one attached hydrogen (secondary N) is 1. The fourth-order valence-corrected chi connectivity index (χ4v) is 1.46. The van der Waals surface area contributed by atoms with Crippen molar-refractivity contribution in [3.63, 3.8) is 0 Å². The van der Waals surface area contributed by atoms with Crippen LogP contribution in [0.5, 0.6) is 0 Å². The van der Waals surface area contributed by atoms with Crippen LogP contribution in [0.2, 0.25) is 0 Å². The third-order valence-electron chi connectivity index (χ3n) is 1.55. The van der Waals surface area contributed by atoms with Crippen molar-refractivity contribution in [3.8, 4) is 12.3 Å². The Labute approximate surface area is 80.5 Å². The molecule has 0 spiro atoms. The van der Waals surface area contributed by atoms with Gasteiger partial charge in [0.25, 0.3) is 0 Å². The quantitative estimate of drug-likeness (QED) is 0.803. The number of furan rings is 1. The van der Waals surface area contributed by atoms with E-state index < -0.39 is 0 Å². The Morgan fingerprint density at radius 3 is 3.08 bits per heavy atom. The lowest BCUT2D eigenvalue weighted by atomic mass is 10.2. The van der Waals surface area contributed by atoms with Gasteiger partial charge in [-0.3, -0.25) is 5.32 Å². The van der Waals surface area contributed by atoms with E-state index in [0.29, 0.717) is 6.54 Å². The van der Waals surface area contributed by atoms with Crippen LogP contribution in [0.15, 0.2) is 21.2 Å². The molecule has 0 aromatic carbocycles. The largest absolute Gasteiger partial charge is 0.466 e. The number of terminal acetylenes is 1. The first-order valence-corrected chi connectivity index (χ1v) is 4.44. The van der Waals surface area contributed by atoms with Crippen LogP contribution in [0.4, 0.5) is 0 Å². The van der Waals surface area contributed by atoms with Gasteiger partial charge in [0.2, 0.25) is 0 Å². The zero-order valence-electron chi connectivity index (χ0n) is 6.80. The average molecular weight is 228 g/mol. The highest BCUT2D eigenvalue weighted by molar-refractivity contribution is 9.10. The summed E-state index contributed by atoms with van der Waals surface area (Å²) in [6.45, 7) is 2.55. The summed E-state index contributed by atoms with van der Waals surface area (Å²) < 4.78 is 6.22. The summed E-state index contributed by atoms with van der Waals surface area (Å²) >= 11 is 3.37. The van der Waals surface area contributed by atoms with E-state index >= 15 is 0 Å². The lowest BCUT2D eigenvalue weighted by Gasteiger charge is -2.08. The van der Waals surface area contributed by atoms with E-state index in [1.165, 1.54) is 0 Å². The van der Waals surface area contributed by atoms with Gasteiger partial charge in [0.15, 0.2) is 0 Å². The molecule has 1 aromatic heterocycles. The minimum absolute atomic E-state index is 0.144. The maximum atomic E-state index is 5.25. The molecule has 0 saturated heterocycles. The molecule has 3 heteroatoms. The molecular formula is C9H10BrNO. The summed E-state index contributed by atoms with van der Waals surface area (Å²) in [7, 11) is 0. The monoisotopic (exact) mass is 227 g/mol. The summed E-state index contributed by atoms with van der Waals surface area (Å²) in [5, 5.41) is 3.12. The smallest absolute Gasteiger partial charge is 0.134 e. The second kappa shape index (κ2) is 4.34. The number of rotatable bonds is 3. The summed E-state index contributed by atoms with van der Waals surface area (Å²) in [5.74, 6) is 3.39. The van der Waals surface area contributed by atoms with E-state index in [-0.39, 0.29) is 6.04 Å². The highest BCUT2D eigenvalue weighted by atomic mass is 79.9. The fourth-order valence-electron chi connectivity index (χ4n) is 0.919. The fraction of sp³-hybridized carbons (Fsp3) is 0.333. The van der Waals surface area contributed by atoms with Gasteiger partial charge in [-0.15, -0.1) is 6.42 Å². The van der Waals surface area contributed by atoms with Gasteiger partial charge in [0.05, 0.1) is 23.3 Å². The predicted molar refractivity (Wildman–Crippen MR) is 51.7 cm³/mol. The number of hydrogen-bond donors (Lipinski definition) is 1. The zero-order valence-corrected chi connectivity index (χ0v) is 8.39. The van der Waals surface area contributed by atoms with Crippen molar-refractivity contribution in [2.75, 3.05) is 6.54 Å². The standard InChI is InChI=1S/C9H10BrNO/c1-3-5-11-7(2)9-8(10)4-6-12-9/h1,4,6-7,11H,5H2,2H3. The molecular weight excluding hydrogens is 218 g/mol. The summed E-state index contributed by atoms with van der Waals surface area (Å²) in [6, 6.07) is 2.01. The molecule has 1 rings (SSSR count). The van der Waals surface area contributed by atoms with Crippen LogP contribution in [0.25, 0.3) is 0 Å². The van der Waals surface area contributed by atoms with Crippen molar-refractivity contribution >= 4 is 15.9 Å². The molecule has 1 unspecified atom stereocenters. The van der Waals surface area contributed by atoms with Crippen LogP contribution in [0, 0.1) is 12.3 Å². The second-order valence-electron chi connectivity index (χ2n) is 2.44. The van der Waals surface area contributed by atoms with E-state index in [1.807, 2.05) is 13.0 Å². The van der Waals surface area contributed by atoms with E-state index in [1.54, 1.807) is 6.26 Å². The molecule has 0 amide bonds. The van der Waals surface area contributed by atoms with E-state index in [0.717, 1.165) is 10.2 Å². The predicted octanol–water partition coefficient (Wildman–Crippen LogP) is 2.33. The van der Waals surface area contributed by atoms with Crippen molar-refractivity contribution in [2.45, 2.75) is 13.0 Å². The molecule has 0 radical (unpaired) electrons. The van der Waals surface area contributed by atoms with E-state index in [9.17, 15) is 0 Å². The molecule has 0 saturated carbocycles. The Hall–Kier alpha value is -0.720. The molecule has 0 aliphatic heterocycles. The van der Waals surface area contributed by atoms with Crippen LogP contribution in [0.1, 0.15) is 18.7 Å². The first kappa shape index (κ1) is 9.37. The Balaban J connectivity index is 2.60. The number of hydrogen-bond acceptors (Lipinski definition) is 2.